The topological polar surface area (TPSA) is 0 Å². The van der Waals surface area contributed by atoms with Crippen LogP contribution in [-0.2, 0) is 12.8 Å². The van der Waals surface area contributed by atoms with Gasteiger partial charge >= 0.3 is 0 Å². The van der Waals surface area contributed by atoms with Crippen LogP contribution in [0.5, 0.6) is 0 Å². The number of hydrogen-bond donors (Lipinski definition) is 0. The van der Waals surface area contributed by atoms with Crippen molar-refractivity contribution in [3.05, 3.63) is 164 Å². The highest BCUT2D eigenvalue weighted by atomic mass is 28.3. The molecule has 0 heterocycles. The molecule has 0 amide bonds. The van der Waals surface area contributed by atoms with E-state index in [1.165, 1.54) is 79.6 Å². The molecule has 224 valence electrons. The molecule has 0 fully saturated rings. The van der Waals surface area contributed by atoms with E-state index in [0.717, 1.165) is 12.8 Å². The molecule has 2 unspecified atom stereocenters. The maximum atomic E-state index is 2.74. The summed E-state index contributed by atoms with van der Waals surface area (Å²) in [5, 5.41) is 0. The summed E-state index contributed by atoms with van der Waals surface area (Å²) in [4.78, 5) is 0. The molecule has 0 saturated heterocycles. The third kappa shape index (κ3) is 4.62. The first-order valence-corrected chi connectivity index (χ1v) is 20.1. The molecule has 8 rings (SSSR count). The predicted molar refractivity (Wildman–Crippen MR) is 196 cm³/mol. The van der Waals surface area contributed by atoms with Gasteiger partial charge in [-0.05, 0) is 109 Å². The fourth-order valence-electron chi connectivity index (χ4n) is 9.60. The van der Waals surface area contributed by atoms with Crippen molar-refractivity contribution in [1.29, 1.82) is 0 Å². The van der Waals surface area contributed by atoms with Crippen LogP contribution in [0.3, 0.4) is 0 Å². The maximum Gasteiger partial charge on any atom is 0.0722 e. The van der Waals surface area contributed by atoms with Gasteiger partial charge in [0, 0.05) is 11.1 Å². The van der Waals surface area contributed by atoms with Gasteiger partial charge in [0.1, 0.15) is 0 Å². The van der Waals surface area contributed by atoms with Crippen LogP contribution in [0.2, 0.25) is 24.2 Å². The second-order valence-electron chi connectivity index (χ2n) is 14.8. The predicted octanol–water partition coefficient (Wildman–Crippen LogP) is 11.7. The van der Waals surface area contributed by atoms with E-state index in [9.17, 15) is 0 Å². The van der Waals surface area contributed by atoms with Crippen LogP contribution in [-0.4, -0.2) is 8.07 Å². The lowest BCUT2D eigenvalue weighted by Gasteiger charge is -2.43. The van der Waals surface area contributed by atoms with Crippen molar-refractivity contribution in [1.82, 2.24) is 0 Å². The Morgan fingerprint density at radius 1 is 0.489 bits per heavy atom. The molecule has 4 aromatic carbocycles. The Balaban J connectivity index is 1.36. The van der Waals surface area contributed by atoms with Crippen LogP contribution in [0, 0.1) is 27.7 Å². The lowest BCUT2D eigenvalue weighted by Crippen LogP contribution is -2.40. The summed E-state index contributed by atoms with van der Waals surface area (Å²) in [6.07, 6.45) is 9.89. The van der Waals surface area contributed by atoms with E-state index < -0.39 is 8.07 Å². The Labute approximate surface area is 271 Å². The number of hydrogen-bond acceptors (Lipinski definition) is 0. The van der Waals surface area contributed by atoms with Gasteiger partial charge in [0.05, 0.1) is 8.07 Å². The lowest BCUT2D eigenvalue weighted by molar-refractivity contribution is 0.866. The first-order chi connectivity index (χ1) is 21.7. The standard InChI is InChI=1S/C44H44Si/c1-27-19-28(2)22-33(21-27)39-25-41-35-13-9-7-11-31(35)15-17-37(41)43(39)45(5,6)44-38-18-16-32-12-8-10-14-36(32)42(38)26-40(44)34-23-29(3)20-30(4)24-34/h7-14,19-26,43-44H,15-18H2,1-6H3. The average molecular weight is 601 g/mol. The molecule has 0 spiro atoms. The van der Waals surface area contributed by atoms with Crippen LogP contribution >= 0.6 is 0 Å². The third-order valence-corrected chi connectivity index (χ3v) is 15.4. The molecule has 0 saturated carbocycles. The molecule has 4 aromatic rings. The number of fused-ring (bicyclic) bond motifs is 4. The number of rotatable bonds is 4. The fraction of sp³-hybridized carbons (Fsp3) is 0.273. The van der Waals surface area contributed by atoms with Crippen LogP contribution in [0.4, 0.5) is 0 Å². The van der Waals surface area contributed by atoms with Crippen LogP contribution < -0.4 is 0 Å². The number of benzene rings is 4. The summed E-state index contributed by atoms with van der Waals surface area (Å²) in [6.45, 7) is 14.5. The van der Waals surface area contributed by atoms with Gasteiger partial charge in [-0.25, -0.2) is 0 Å². The number of allylic oxidation sites excluding steroid dienone is 8. The zero-order valence-corrected chi connectivity index (χ0v) is 28.7. The monoisotopic (exact) mass is 600 g/mol. The minimum atomic E-state index is -2.11. The Hall–Kier alpha value is -3.94. The summed E-state index contributed by atoms with van der Waals surface area (Å²) in [5.41, 5.74) is 24.8. The Morgan fingerprint density at radius 2 is 0.867 bits per heavy atom. The SMILES string of the molecule is Cc1cc(C)cc(C2=CC3=C(CCc4ccccc43)C2[Si](C)(C)C2C(c3cc(C)cc(C)c3)=CC3=C2CCc2ccccc23)c1. The van der Waals surface area contributed by atoms with Crippen molar-refractivity contribution >= 4 is 30.4 Å². The minimum Gasteiger partial charge on any atom is -0.0679 e. The summed E-state index contributed by atoms with van der Waals surface area (Å²) in [6, 6.07) is 32.9. The normalized spacial score (nSPS) is 20.4. The van der Waals surface area contributed by atoms with Crippen LogP contribution in [0.25, 0.3) is 22.3 Å². The Morgan fingerprint density at radius 3 is 1.27 bits per heavy atom. The fourth-order valence-corrected chi connectivity index (χ4v) is 14.4. The molecule has 4 aliphatic rings. The second kappa shape index (κ2) is 10.6. The smallest absolute Gasteiger partial charge is 0.0679 e. The molecule has 2 atom stereocenters. The quantitative estimate of drug-likeness (QED) is 0.204. The molecule has 4 aliphatic carbocycles. The van der Waals surface area contributed by atoms with Gasteiger partial charge in [-0.3, -0.25) is 0 Å². The Bertz CT molecular complexity index is 1840. The zero-order chi connectivity index (χ0) is 31.0. The lowest BCUT2D eigenvalue weighted by atomic mass is 9.86. The van der Waals surface area contributed by atoms with Gasteiger partial charge in [-0.1, -0.05) is 144 Å². The molecule has 0 nitrogen and oxygen atoms in total. The molecule has 0 N–H and O–H groups in total. The molecular weight excluding hydrogens is 557 g/mol. The highest BCUT2D eigenvalue weighted by Crippen LogP contribution is 2.63. The van der Waals surface area contributed by atoms with Gasteiger partial charge in [-0.2, -0.15) is 0 Å². The average Bonchev–Trinajstić information content (AvgIpc) is 3.61. The highest BCUT2D eigenvalue weighted by molar-refractivity contribution is 6.85. The summed E-state index contributed by atoms with van der Waals surface area (Å²) < 4.78 is 0. The molecule has 0 aliphatic heterocycles. The van der Waals surface area contributed by atoms with Crippen molar-refractivity contribution in [2.45, 2.75) is 77.6 Å². The molecule has 1 heteroatoms. The van der Waals surface area contributed by atoms with Crippen molar-refractivity contribution in [3.63, 3.8) is 0 Å². The van der Waals surface area contributed by atoms with Gasteiger partial charge in [0.15, 0.2) is 0 Å². The maximum absolute atomic E-state index is 2.74. The summed E-state index contributed by atoms with van der Waals surface area (Å²) >= 11 is 0. The van der Waals surface area contributed by atoms with E-state index in [1.54, 1.807) is 22.3 Å². The molecule has 45 heavy (non-hydrogen) atoms. The number of aryl methyl sites for hydroxylation is 6. The van der Waals surface area contributed by atoms with Gasteiger partial charge < -0.3 is 0 Å². The van der Waals surface area contributed by atoms with E-state index in [0.29, 0.717) is 11.1 Å². The van der Waals surface area contributed by atoms with Crippen molar-refractivity contribution in [2.75, 3.05) is 0 Å². The van der Waals surface area contributed by atoms with Crippen LogP contribution in [0.1, 0.15) is 68.5 Å². The first kappa shape index (κ1) is 28.5. The zero-order valence-electron chi connectivity index (χ0n) is 27.7. The highest BCUT2D eigenvalue weighted by Gasteiger charge is 2.51. The minimum absolute atomic E-state index is 0.477. The summed E-state index contributed by atoms with van der Waals surface area (Å²) in [7, 11) is -2.11. The van der Waals surface area contributed by atoms with Gasteiger partial charge in [0.2, 0.25) is 0 Å². The van der Waals surface area contributed by atoms with Crippen LogP contribution in [0.15, 0.2) is 108 Å². The van der Waals surface area contributed by atoms with E-state index in [2.05, 4.69) is 138 Å². The van der Waals surface area contributed by atoms with Crippen molar-refractivity contribution < 1.29 is 0 Å². The molecule has 0 bridgehead atoms. The van der Waals surface area contributed by atoms with E-state index in [4.69, 9.17) is 0 Å². The van der Waals surface area contributed by atoms with Gasteiger partial charge in [0.25, 0.3) is 0 Å². The summed E-state index contributed by atoms with van der Waals surface area (Å²) in [5.74, 6) is 0. The van der Waals surface area contributed by atoms with E-state index in [1.807, 2.05) is 0 Å². The van der Waals surface area contributed by atoms with E-state index >= 15 is 0 Å². The molecular formula is C44H44Si. The largest absolute Gasteiger partial charge is 0.0722 e. The third-order valence-electron chi connectivity index (χ3n) is 11.2. The van der Waals surface area contributed by atoms with E-state index in [-0.39, 0.29) is 0 Å². The molecule has 0 radical (unpaired) electrons. The van der Waals surface area contributed by atoms with Crippen molar-refractivity contribution in [3.8, 4) is 0 Å². The van der Waals surface area contributed by atoms with Gasteiger partial charge in [-0.15, -0.1) is 0 Å². The molecule has 0 aromatic heterocycles. The van der Waals surface area contributed by atoms with Crippen molar-refractivity contribution in [2.24, 2.45) is 0 Å². The Kier molecular flexibility index (Phi) is 6.70. The first-order valence-electron chi connectivity index (χ1n) is 16.9. The second-order valence-corrected chi connectivity index (χ2v) is 19.6.